The Morgan fingerprint density at radius 3 is 2.57 bits per heavy atom. The van der Waals surface area contributed by atoms with Crippen LogP contribution in [0.5, 0.6) is 0 Å². The van der Waals surface area contributed by atoms with Crippen LogP contribution in [0.2, 0.25) is 5.15 Å². The van der Waals surface area contributed by atoms with Crippen molar-refractivity contribution in [2.24, 2.45) is 5.92 Å². The van der Waals surface area contributed by atoms with Crippen molar-refractivity contribution in [1.29, 1.82) is 0 Å². The molecule has 1 aromatic heterocycles. The fourth-order valence-corrected chi connectivity index (χ4v) is 2.99. The summed E-state index contributed by atoms with van der Waals surface area (Å²) in [5, 5.41) is 8.35. The van der Waals surface area contributed by atoms with Crippen LogP contribution < -0.4 is 4.90 Å². The summed E-state index contributed by atoms with van der Waals surface area (Å²) in [4.78, 5) is 2.12. The van der Waals surface area contributed by atoms with E-state index in [1.165, 1.54) is 0 Å². The van der Waals surface area contributed by atoms with E-state index in [9.17, 15) is 8.42 Å². The fourth-order valence-electron chi connectivity index (χ4n) is 2.61. The lowest BCUT2D eigenvalue weighted by atomic mass is 9.86. The summed E-state index contributed by atoms with van der Waals surface area (Å²) in [6.07, 6.45) is 4.99. The molecule has 0 radical (unpaired) electrons. The van der Waals surface area contributed by atoms with Crippen LogP contribution >= 0.6 is 11.6 Å². The van der Waals surface area contributed by atoms with E-state index in [1.807, 2.05) is 13.1 Å². The molecule has 0 amide bonds. The second-order valence-corrected chi connectivity index (χ2v) is 7.65. The Morgan fingerprint density at radius 2 is 2.00 bits per heavy atom. The molecule has 1 aliphatic rings. The number of halogens is 1. The van der Waals surface area contributed by atoms with Gasteiger partial charge in [-0.1, -0.05) is 23.4 Å². The Balaban J connectivity index is 1.81. The third-order valence-corrected chi connectivity index (χ3v) is 4.62. The predicted molar refractivity (Wildman–Crippen MR) is 89.8 cm³/mol. The molecule has 0 aromatic carbocycles. The maximum absolute atomic E-state index is 10.8. The Morgan fingerprint density at radius 1 is 1.30 bits per heavy atom. The highest BCUT2D eigenvalue weighted by atomic mass is 35.5. The van der Waals surface area contributed by atoms with Crippen molar-refractivity contribution in [3.63, 3.8) is 0 Å². The zero-order valence-electron chi connectivity index (χ0n) is 13.2. The zero-order chi connectivity index (χ0) is 16.9. The molecule has 1 fully saturated rings. The highest BCUT2D eigenvalue weighted by Gasteiger charge is 2.24. The van der Waals surface area contributed by atoms with Gasteiger partial charge in [-0.25, -0.2) is 0 Å². The molecule has 0 saturated heterocycles. The van der Waals surface area contributed by atoms with Crippen molar-refractivity contribution in [3.05, 3.63) is 17.3 Å². The zero-order valence-corrected chi connectivity index (χ0v) is 14.8. The van der Waals surface area contributed by atoms with Gasteiger partial charge < -0.3 is 4.90 Å². The van der Waals surface area contributed by atoms with Crippen molar-refractivity contribution >= 4 is 27.5 Å². The third-order valence-electron chi connectivity index (χ3n) is 3.88. The predicted octanol–water partition coefficient (Wildman–Crippen LogP) is 2.10. The van der Waals surface area contributed by atoms with Gasteiger partial charge in [0.1, 0.15) is 6.61 Å². The van der Waals surface area contributed by atoms with Crippen LogP contribution in [0.1, 0.15) is 25.7 Å². The van der Waals surface area contributed by atoms with Crippen LogP contribution in [0.15, 0.2) is 12.1 Å². The number of anilines is 1. The van der Waals surface area contributed by atoms with Crippen LogP contribution in [0.4, 0.5) is 5.82 Å². The summed E-state index contributed by atoms with van der Waals surface area (Å²) in [7, 11) is -1.40. The molecule has 1 heterocycles. The standard InChI is InChI=1S/C15H20ClN3O3S/c1-19(15-10-9-14(16)17-18-15)13-7-5-12(6-8-13)4-3-11-22-23(2,20)21/h9-10,12-13H,5-8,11H2,1-2H3. The molecule has 126 valence electrons. The second-order valence-electron chi connectivity index (χ2n) is 5.62. The molecule has 2 rings (SSSR count). The van der Waals surface area contributed by atoms with Crippen LogP contribution in [-0.4, -0.2) is 44.6 Å². The lowest BCUT2D eigenvalue weighted by Gasteiger charge is -2.33. The monoisotopic (exact) mass is 357 g/mol. The molecule has 23 heavy (non-hydrogen) atoms. The quantitative estimate of drug-likeness (QED) is 0.607. The van der Waals surface area contributed by atoms with Crippen molar-refractivity contribution < 1.29 is 12.6 Å². The molecule has 0 aliphatic heterocycles. The van der Waals surface area contributed by atoms with Crippen molar-refractivity contribution in [3.8, 4) is 11.8 Å². The second kappa shape index (κ2) is 7.95. The molecule has 1 aliphatic carbocycles. The largest absolute Gasteiger partial charge is 0.355 e. The van der Waals surface area contributed by atoms with Gasteiger partial charge in [-0.3, -0.25) is 4.18 Å². The van der Waals surface area contributed by atoms with Crippen molar-refractivity contribution in [2.45, 2.75) is 31.7 Å². The third kappa shape index (κ3) is 5.98. The van der Waals surface area contributed by atoms with Crippen LogP contribution in [0.25, 0.3) is 0 Å². The fraction of sp³-hybridized carbons (Fsp3) is 0.600. The van der Waals surface area contributed by atoms with E-state index in [1.54, 1.807) is 6.07 Å². The minimum atomic E-state index is -3.41. The molecule has 1 saturated carbocycles. The smallest absolute Gasteiger partial charge is 0.265 e. The maximum atomic E-state index is 10.8. The SMILES string of the molecule is CN(c1ccc(Cl)nn1)C1CCC(C#CCOS(C)(=O)=O)CC1. The molecule has 0 unspecified atom stereocenters. The van der Waals surface area contributed by atoms with Gasteiger partial charge in [-0.15, -0.1) is 10.2 Å². The van der Waals surface area contributed by atoms with E-state index in [-0.39, 0.29) is 6.61 Å². The molecule has 0 bridgehead atoms. The first-order chi connectivity index (χ1) is 10.8. The molecule has 8 heteroatoms. The minimum absolute atomic E-state index is 0.0704. The maximum Gasteiger partial charge on any atom is 0.265 e. The van der Waals surface area contributed by atoms with Gasteiger partial charge in [0.2, 0.25) is 0 Å². The summed E-state index contributed by atoms with van der Waals surface area (Å²) in [6.45, 7) is -0.0704. The van der Waals surface area contributed by atoms with Gasteiger partial charge >= 0.3 is 0 Å². The summed E-state index contributed by atoms with van der Waals surface area (Å²) in [5.74, 6) is 6.99. The first kappa shape index (κ1) is 18.0. The molecule has 0 atom stereocenters. The highest BCUT2D eigenvalue weighted by molar-refractivity contribution is 7.86. The molecule has 0 spiro atoms. The van der Waals surface area contributed by atoms with Gasteiger partial charge in [-0.05, 0) is 37.8 Å². The highest BCUT2D eigenvalue weighted by Crippen LogP contribution is 2.28. The van der Waals surface area contributed by atoms with Crippen molar-refractivity contribution in [1.82, 2.24) is 10.2 Å². The normalized spacial score (nSPS) is 21.3. The summed E-state index contributed by atoms with van der Waals surface area (Å²) in [5.41, 5.74) is 0. The molecular weight excluding hydrogens is 338 g/mol. The number of hydrogen-bond acceptors (Lipinski definition) is 6. The number of hydrogen-bond donors (Lipinski definition) is 0. The van der Waals surface area contributed by atoms with Gasteiger partial charge in [-0.2, -0.15) is 8.42 Å². The van der Waals surface area contributed by atoms with Crippen LogP contribution in [0, 0.1) is 17.8 Å². The first-order valence-corrected chi connectivity index (χ1v) is 9.59. The van der Waals surface area contributed by atoms with E-state index in [2.05, 4.69) is 31.1 Å². The first-order valence-electron chi connectivity index (χ1n) is 7.40. The van der Waals surface area contributed by atoms with E-state index in [0.29, 0.717) is 17.1 Å². The Kier molecular flexibility index (Phi) is 6.22. The molecular formula is C15H20ClN3O3S. The van der Waals surface area contributed by atoms with Gasteiger partial charge in [0.05, 0.1) is 6.26 Å². The van der Waals surface area contributed by atoms with Crippen molar-refractivity contribution in [2.75, 3.05) is 24.8 Å². The summed E-state index contributed by atoms with van der Waals surface area (Å²) < 4.78 is 26.3. The van der Waals surface area contributed by atoms with E-state index >= 15 is 0 Å². The number of nitrogens with zero attached hydrogens (tertiary/aromatic N) is 3. The summed E-state index contributed by atoms with van der Waals surface area (Å²) in [6, 6.07) is 4.00. The van der Waals surface area contributed by atoms with E-state index < -0.39 is 10.1 Å². The Hall–Kier alpha value is -1.36. The summed E-state index contributed by atoms with van der Waals surface area (Å²) >= 11 is 5.75. The van der Waals surface area contributed by atoms with Gasteiger partial charge in [0.15, 0.2) is 11.0 Å². The topological polar surface area (TPSA) is 72.4 Å². The molecule has 1 aromatic rings. The van der Waals surface area contributed by atoms with Gasteiger partial charge in [0, 0.05) is 19.0 Å². The lowest BCUT2D eigenvalue weighted by molar-refractivity contribution is 0.362. The number of aromatic nitrogens is 2. The average molecular weight is 358 g/mol. The Bertz CT molecular complexity index is 674. The lowest BCUT2D eigenvalue weighted by Crippen LogP contribution is -2.35. The number of rotatable bonds is 4. The van der Waals surface area contributed by atoms with Crippen LogP contribution in [0.3, 0.4) is 0 Å². The Labute approximate surface area is 142 Å². The molecule has 6 nitrogen and oxygen atoms in total. The average Bonchev–Trinajstić information content (AvgIpc) is 2.51. The van der Waals surface area contributed by atoms with E-state index in [4.69, 9.17) is 11.6 Å². The van der Waals surface area contributed by atoms with Crippen LogP contribution in [-0.2, 0) is 14.3 Å². The van der Waals surface area contributed by atoms with Gasteiger partial charge in [0.25, 0.3) is 10.1 Å². The molecule has 0 N–H and O–H groups in total. The van der Waals surface area contributed by atoms with E-state index in [0.717, 1.165) is 37.8 Å². The minimum Gasteiger partial charge on any atom is -0.355 e.